The summed E-state index contributed by atoms with van der Waals surface area (Å²) in [4.78, 5) is 1.39. The van der Waals surface area contributed by atoms with Gasteiger partial charge in [0.15, 0.2) is 0 Å². The maximum absolute atomic E-state index is 3.16. The van der Waals surface area contributed by atoms with E-state index in [1.165, 1.54) is 10.5 Å². The molecule has 0 unspecified atom stereocenters. The van der Waals surface area contributed by atoms with Crippen molar-refractivity contribution < 1.29 is 0 Å². The maximum Gasteiger partial charge on any atom is 0.00745 e. The molecule has 0 aliphatic carbocycles. The predicted molar refractivity (Wildman–Crippen MR) is 60.5 cm³/mol. The minimum absolute atomic E-state index is 1.06. The number of rotatable bonds is 5. The van der Waals surface area contributed by atoms with E-state index in [1.807, 2.05) is 18.8 Å². The molecule has 1 nitrogen and oxygen atoms in total. The van der Waals surface area contributed by atoms with Crippen LogP contribution in [0.3, 0.4) is 0 Å². The third-order valence-electron chi connectivity index (χ3n) is 1.87. The van der Waals surface area contributed by atoms with Crippen molar-refractivity contribution in [3.63, 3.8) is 0 Å². The predicted octanol–water partition coefficient (Wildman–Crippen LogP) is 2.56. The average Bonchev–Trinajstić information content (AvgIpc) is 2.16. The Kier molecular flexibility index (Phi) is 4.94. The van der Waals surface area contributed by atoms with Gasteiger partial charge in [-0.2, -0.15) is 0 Å². The fraction of sp³-hybridized carbons (Fsp3) is 0.455. The van der Waals surface area contributed by atoms with Crippen molar-refractivity contribution >= 4 is 11.8 Å². The summed E-state index contributed by atoms with van der Waals surface area (Å²) < 4.78 is 0. The summed E-state index contributed by atoms with van der Waals surface area (Å²) in [5.74, 6) is 1.15. The van der Waals surface area contributed by atoms with E-state index < -0.39 is 0 Å². The van der Waals surface area contributed by atoms with Crippen molar-refractivity contribution in [1.29, 1.82) is 0 Å². The van der Waals surface area contributed by atoms with E-state index in [4.69, 9.17) is 0 Å². The monoisotopic (exact) mass is 195 g/mol. The average molecular weight is 195 g/mol. The normalized spacial score (nSPS) is 10.3. The molecule has 0 aliphatic rings. The van der Waals surface area contributed by atoms with Crippen LogP contribution in [-0.2, 0) is 6.42 Å². The van der Waals surface area contributed by atoms with Gasteiger partial charge in [0.1, 0.15) is 0 Å². The van der Waals surface area contributed by atoms with Crippen LogP contribution in [0.2, 0.25) is 0 Å². The molecule has 0 saturated carbocycles. The van der Waals surface area contributed by atoms with E-state index in [0.717, 1.165) is 18.7 Å². The summed E-state index contributed by atoms with van der Waals surface area (Å²) in [6, 6.07) is 8.79. The molecule has 0 amide bonds. The number of hydrogen-bond donors (Lipinski definition) is 1. The number of benzene rings is 1. The van der Waals surface area contributed by atoms with Crippen LogP contribution >= 0.6 is 11.8 Å². The molecule has 0 atom stereocenters. The van der Waals surface area contributed by atoms with E-state index in [0.29, 0.717) is 0 Å². The van der Waals surface area contributed by atoms with Crippen LogP contribution in [0, 0.1) is 0 Å². The van der Waals surface area contributed by atoms with Gasteiger partial charge >= 0.3 is 0 Å². The lowest BCUT2D eigenvalue weighted by Gasteiger charge is -2.03. The highest BCUT2D eigenvalue weighted by atomic mass is 32.2. The summed E-state index contributed by atoms with van der Waals surface area (Å²) in [6.45, 7) is 3.24. The number of likely N-dealkylation sites (N-methyl/N-ethyl adjacent to an activating group) is 1. The van der Waals surface area contributed by atoms with Crippen molar-refractivity contribution in [3.8, 4) is 0 Å². The van der Waals surface area contributed by atoms with E-state index in [-0.39, 0.29) is 0 Å². The van der Waals surface area contributed by atoms with Crippen molar-refractivity contribution in [1.82, 2.24) is 5.32 Å². The molecule has 0 fully saturated rings. The summed E-state index contributed by atoms with van der Waals surface area (Å²) >= 11 is 1.90. The lowest BCUT2D eigenvalue weighted by molar-refractivity contribution is 0.790. The van der Waals surface area contributed by atoms with E-state index in [1.54, 1.807) is 0 Å². The Morgan fingerprint density at radius 1 is 1.38 bits per heavy atom. The molecular formula is C11H17NS. The zero-order valence-corrected chi connectivity index (χ0v) is 9.16. The zero-order chi connectivity index (χ0) is 9.52. The fourth-order valence-electron chi connectivity index (χ4n) is 1.23. The summed E-state index contributed by atoms with van der Waals surface area (Å²) in [6.07, 6.45) is 1.12. The second-order valence-corrected chi connectivity index (χ2v) is 4.27. The highest BCUT2D eigenvalue weighted by Gasteiger charge is 1.94. The van der Waals surface area contributed by atoms with Crippen LogP contribution in [-0.4, -0.2) is 19.3 Å². The Bertz CT molecular complexity index is 248. The molecule has 2 heteroatoms. The van der Waals surface area contributed by atoms with Crippen LogP contribution in [0.5, 0.6) is 0 Å². The second kappa shape index (κ2) is 6.06. The minimum Gasteiger partial charge on any atom is -0.319 e. The molecule has 0 radical (unpaired) electrons. The van der Waals surface area contributed by atoms with Crippen LogP contribution in [0.25, 0.3) is 0 Å². The molecular weight excluding hydrogens is 178 g/mol. The number of thioether (sulfide) groups is 1. The Morgan fingerprint density at radius 2 is 2.23 bits per heavy atom. The first-order chi connectivity index (χ1) is 6.36. The number of nitrogens with one attached hydrogen (secondary N) is 1. The van der Waals surface area contributed by atoms with E-state index in [9.17, 15) is 0 Å². The Morgan fingerprint density at radius 3 is 2.92 bits per heavy atom. The van der Waals surface area contributed by atoms with Crippen LogP contribution in [0.15, 0.2) is 29.2 Å². The second-order valence-electron chi connectivity index (χ2n) is 2.93. The van der Waals surface area contributed by atoms with Gasteiger partial charge in [0.05, 0.1) is 0 Å². The molecule has 0 saturated heterocycles. The zero-order valence-electron chi connectivity index (χ0n) is 8.34. The van der Waals surface area contributed by atoms with Gasteiger partial charge in [-0.1, -0.05) is 19.1 Å². The van der Waals surface area contributed by atoms with Gasteiger partial charge in [-0.15, -0.1) is 11.8 Å². The topological polar surface area (TPSA) is 12.0 Å². The first-order valence-electron chi connectivity index (χ1n) is 4.73. The molecule has 0 aliphatic heterocycles. The van der Waals surface area contributed by atoms with Crippen LogP contribution in [0.1, 0.15) is 12.5 Å². The Balaban J connectivity index is 2.56. The van der Waals surface area contributed by atoms with Gasteiger partial charge in [-0.3, -0.25) is 0 Å². The molecule has 1 N–H and O–H groups in total. The van der Waals surface area contributed by atoms with Gasteiger partial charge in [-0.05, 0) is 43.5 Å². The third-order valence-corrected chi connectivity index (χ3v) is 2.75. The minimum atomic E-state index is 1.06. The lowest BCUT2D eigenvalue weighted by Crippen LogP contribution is -2.10. The molecule has 0 spiro atoms. The highest BCUT2D eigenvalue weighted by molar-refractivity contribution is 7.99. The first kappa shape index (κ1) is 10.6. The van der Waals surface area contributed by atoms with Gasteiger partial charge in [0.25, 0.3) is 0 Å². The molecule has 1 aromatic carbocycles. The lowest BCUT2D eigenvalue weighted by atomic mass is 10.1. The van der Waals surface area contributed by atoms with Crippen molar-refractivity contribution in [3.05, 3.63) is 29.8 Å². The van der Waals surface area contributed by atoms with Gasteiger partial charge in [0, 0.05) is 4.90 Å². The number of hydrogen-bond acceptors (Lipinski definition) is 2. The molecule has 1 rings (SSSR count). The van der Waals surface area contributed by atoms with Crippen molar-refractivity contribution in [2.45, 2.75) is 18.2 Å². The largest absolute Gasteiger partial charge is 0.319 e. The highest BCUT2D eigenvalue weighted by Crippen LogP contribution is 2.18. The molecule has 0 bridgehead atoms. The molecule has 1 aromatic rings. The van der Waals surface area contributed by atoms with Crippen LogP contribution in [0.4, 0.5) is 0 Å². The third kappa shape index (κ3) is 3.83. The summed E-state index contributed by atoms with van der Waals surface area (Å²) in [7, 11) is 1.99. The maximum atomic E-state index is 3.16. The quantitative estimate of drug-likeness (QED) is 0.725. The van der Waals surface area contributed by atoms with Crippen molar-refractivity contribution in [2.75, 3.05) is 19.3 Å². The molecule has 72 valence electrons. The van der Waals surface area contributed by atoms with Gasteiger partial charge in [0.2, 0.25) is 0 Å². The first-order valence-corrected chi connectivity index (χ1v) is 5.71. The van der Waals surface area contributed by atoms with Gasteiger partial charge in [-0.25, -0.2) is 0 Å². The smallest absolute Gasteiger partial charge is 0.00745 e. The SMILES string of the molecule is CCSc1cccc(CCNC)c1. The standard InChI is InChI=1S/C11H17NS/c1-3-13-11-6-4-5-10(9-11)7-8-12-2/h4-6,9,12H,3,7-8H2,1-2H3. The molecule has 0 heterocycles. The van der Waals surface area contributed by atoms with Gasteiger partial charge < -0.3 is 5.32 Å². The summed E-state index contributed by atoms with van der Waals surface area (Å²) in [5.41, 5.74) is 1.42. The summed E-state index contributed by atoms with van der Waals surface area (Å²) in [5, 5.41) is 3.16. The Labute approximate surface area is 84.9 Å². The molecule has 0 aromatic heterocycles. The Hall–Kier alpha value is -0.470. The molecule has 13 heavy (non-hydrogen) atoms. The van der Waals surface area contributed by atoms with E-state index in [2.05, 4.69) is 36.5 Å². The van der Waals surface area contributed by atoms with Crippen LogP contribution < -0.4 is 5.32 Å². The van der Waals surface area contributed by atoms with Crippen molar-refractivity contribution in [2.24, 2.45) is 0 Å². The fourth-order valence-corrected chi connectivity index (χ4v) is 1.97. The van der Waals surface area contributed by atoms with E-state index >= 15 is 0 Å².